The topological polar surface area (TPSA) is 80.5 Å². The number of nitrogen functional groups attached to an aromatic ring is 1. The first-order valence-electron chi connectivity index (χ1n) is 7.35. The maximum atomic E-state index is 12.6. The van der Waals surface area contributed by atoms with E-state index in [1.54, 1.807) is 13.2 Å². The Morgan fingerprint density at radius 2 is 2.10 bits per heavy atom. The number of likely N-dealkylation sites (tertiary alicyclic amines) is 1. The molecule has 6 heteroatoms. The summed E-state index contributed by atoms with van der Waals surface area (Å²) in [5.41, 5.74) is 4.03. The van der Waals surface area contributed by atoms with Gasteiger partial charge in [-0.2, -0.15) is 0 Å². The third-order valence-electron chi connectivity index (χ3n) is 3.89. The molecule has 6 nitrogen and oxygen atoms in total. The fraction of sp³-hybridized carbons (Fsp3) is 0.600. The lowest BCUT2D eigenvalue weighted by Gasteiger charge is -2.31. The first-order valence-corrected chi connectivity index (χ1v) is 7.35. The van der Waals surface area contributed by atoms with E-state index in [1.165, 1.54) is 0 Å². The van der Waals surface area contributed by atoms with Gasteiger partial charge in [0.15, 0.2) is 0 Å². The summed E-state index contributed by atoms with van der Waals surface area (Å²) in [4.78, 5) is 18.9. The average molecular weight is 292 g/mol. The minimum Gasteiger partial charge on any atom is -0.381 e. The van der Waals surface area contributed by atoms with Gasteiger partial charge in [0, 0.05) is 31.5 Å². The van der Waals surface area contributed by atoms with Crippen LogP contribution in [-0.2, 0) is 4.74 Å². The Morgan fingerprint density at radius 3 is 2.62 bits per heavy atom. The number of rotatable bonds is 4. The zero-order valence-electron chi connectivity index (χ0n) is 12.9. The zero-order valence-corrected chi connectivity index (χ0v) is 12.9. The Hall–Kier alpha value is -1.66. The molecule has 1 aliphatic rings. The number of anilines is 1. The minimum absolute atomic E-state index is 0.0327. The van der Waals surface area contributed by atoms with Crippen molar-refractivity contribution in [3.63, 3.8) is 0 Å². The van der Waals surface area contributed by atoms with E-state index in [-0.39, 0.29) is 17.9 Å². The maximum absolute atomic E-state index is 12.6. The molecule has 0 atom stereocenters. The molecule has 0 saturated carbocycles. The molecule has 1 fully saturated rings. The van der Waals surface area contributed by atoms with E-state index in [4.69, 9.17) is 10.6 Å². The van der Waals surface area contributed by atoms with E-state index in [0.717, 1.165) is 31.6 Å². The molecule has 0 aliphatic carbocycles. The van der Waals surface area contributed by atoms with E-state index in [2.05, 4.69) is 10.4 Å². The second kappa shape index (κ2) is 6.87. The van der Waals surface area contributed by atoms with Gasteiger partial charge in [-0.3, -0.25) is 4.79 Å². The van der Waals surface area contributed by atoms with Crippen LogP contribution in [-0.4, -0.2) is 42.1 Å². The van der Waals surface area contributed by atoms with Crippen molar-refractivity contribution in [3.05, 3.63) is 23.4 Å². The number of amides is 1. The molecule has 2 rings (SSSR count). The summed E-state index contributed by atoms with van der Waals surface area (Å²) >= 11 is 0. The standard InChI is InChI=1S/C15H24N4O2/c1-10(2)13-8-11(9-14(17-13)18-16)15(20)19-6-4-12(21-3)5-7-19/h8-10,12H,4-7,16H2,1-3H3,(H,17,18). The lowest BCUT2D eigenvalue weighted by Crippen LogP contribution is -2.40. The van der Waals surface area contributed by atoms with Crippen LogP contribution in [0.2, 0.25) is 0 Å². The van der Waals surface area contributed by atoms with Crippen molar-refractivity contribution in [1.29, 1.82) is 0 Å². The zero-order chi connectivity index (χ0) is 15.4. The molecule has 1 aromatic heterocycles. The molecule has 2 heterocycles. The van der Waals surface area contributed by atoms with Gasteiger partial charge in [0.2, 0.25) is 0 Å². The normalized spacial score (nSPS) is 16.3. The Kier molecular flexibility index (Phi) is 5.14. The number of pyridine rings is 1. The average Bonchev–Trinajstić information content (AvgIpc) is 2.53. The Bertz CT molecular complexity index is 496. The molecule has 0 aromatic carbocycles. The van der Waals surface area contributed by atoms with Crippen LogP contribution in [0.4, 0.5) is 5.82 Å². The van der Waals surface area contributed by atoms with Crippen LogP contribution in [0.3, 0.4) is 0 Å². The van der Waals surface area contributed by atoms with E-state index < -0.39 is 0 Å². The first kappa shape index (κ1) is 15.7. The Morgan fingerprint density at radius 1 is 1.43 bits per heavy atom. The molecule has 1 aromatic rings. The number of piperidine rings is 1. The number of nitrogens with zero attached hydrogens (tertiary/aromatic N) is 2. The van der Waals surface area contributed by atoms with Crippen LogP contribution in [0.15, 0.2) is 12.1 Å². The SMILES string of the molecule is COC1CCN(C(=O)c2cc(NN)nc(C(C)C)c2)CC1. The number of hydrazine groups is 1. The predicted octanol–water partition coefficient (Wildman–Crippen LogP) is 1.74. The molecule has 1 aliphatic heterocycles. The first-order chi connectivity index (χ1) is 10.0. The second-order valence-electron chi connectivity index (χ2n) is 5.69. The number of hydrogen-bond acceptors (Lipinski definition) is 5. The monoisotopic (exact) mass is 292 g/mol. The van der Waals surface area contributed by atoms with Gasteiger partial charge in [-0.15, -0.1) is 0 Å². The lowest BCUT2D eigenvalue weighted by molar-refractivity contribution is 0.0350. The second-order valence-corrected chi connectivity index (χ2v) is 5.69. The van der Waals surface area contributed by atoms with Crippen LogP contribution < -0.4 is 11.3 Å². The van der Waals surface area contributed by atoms with Crippen molar-refractivity contribution < 1.29 is 9.53 Å². The summed E-state index contributed by atoms with van der Waals surface area (Å²) in [6.45, 7) is 5.53. The predicted molar refractivity (Wildman–Crippen MR) is 82.1 cm³/mol. The number of carbonyl (C=O) groups is 1. The number of methoxy groups -OCH3 is 1. The van der Waals surface area contributed by atoms with Crippen molar-refractivity contribution in [1.82, 2.24) is 9.88 Å². The van der Waals surface area contributed by atoms with Gasteiger partial charge >= 0.3 is 0 Å². The minimum atomic E-state index is 0.0327. The van der Waals surface area contributed by atoms with E-state index in [9.17, 15) is 4.79 Å². The van der Waals surface area contributed by atoms with Gasteiger partial charge in [-0.05, 0) is 30.9 Å². The highest BCUT2D eigenvalue weighted by Crippen LogP contribution is 2.20. The summed E-state index contributed by atoms with van der Waals surface area (Å²) in [5, 5.41) is 0. The number of nitrogens with one attached hydrogen (secondary N) is 1. The van der Waals surface area contributed by atoms with Gasteiger partial charge in [-0.25, -0.2) is 10.8 Å². The number of nitrogens with two attached hydrogens (primary N) is 1. The highest BCUT2D eigenvalue weighted by Gasteiger charge is 2.24. The fourth-order valence-electron chi connectivity index (χ4n) is 2.52. The summed E-state index contributed by atoms with van der Waals surface area (Å²) in [6, 6.07) is 3.56. The lowest BCUT2D eigenvalue weighted by atomic mass is 10.0. The molecule has 1 amide bonds. The summed E-state index contributed by atoms with van der Waals surface area (Å²) in [5.74, 6) is 6.25. The smallest absolute Gasteiger partial charge is 0.254 e. The molecule has 1 saturated heterocycles. The van der Waals surface area contributed by atoms with E-state index >= 15 is 0 Å². The summed E-state index contributed by atoms with van der Waals surface area (Å²) in [7, 11) is 1.72. The highest BCUT2D eigenvalue weighted by molar-refractivity contribution is 5.95. The van der Waals surface area contributed by atoms with Crippen molar-refractivity contribution >= 4 is 11.7 Å². The van der Waals surface area contributed by atoms with Gasteiger partial charge in [0.25, 0.3) is 5.91 Å². The van der Waals surface area contributed by atoms with Crippen LogP contribution in [0.25, 0.3) is 0 Å². The Balaban J connectivity index is 2.17. The van der Waals surface area contributed by atoms with E-state index in [0.29, 0.717) is 11.4 Å². The van der Waals surface area contributed by atoms with Gasteiger partial charge < -0.3 is 15.1 Å². The maximum Gasteiger partial charge on any atom is 0.254 e. The number of carbonyl (C=O) groups excluding carboxylic acids is 1. The van der Waals surface area contributed by atoms with Crippen LogP contribution in [0.5, 0.6) is 0 Å². The van der Waals surface area contributed by atoms with Crippen molar-refractivity contribution in [2.45, 2.75) is 38.7 Å². The summed E-state index contributed by atoms with van der Waals surface area (Å²) < 4.78 is 5.34. The molecule has 0 bridgehead atoms. The fourth-order valence-corrected chi connectivity index (χ4v) is 2.52. The van der Waals surface area contributed by atoms with Crippen LogP contribution >= 0.6 is 0 Å². The molecule has 21 heavy (non-hydrogen) atoms. The molecular formula is C15H24N4O2. The molecular weight excluding hydrogens is 268 g/mol. The third kappa shape index (κ3) is 3.71. The Labute approximate surface area is 125 Å². The molecule has 0 spiro atoms. The molecule has 0 unspecified atom stereocenters. The third-order valence-corrected chi connectivity index (χ3v) is 3.89. The number of aromatic nitrogens is 1. The van der Waals surface area contributed by atoms with Crippen LogP contribution in [0, 0.1) is 0 Å². The molecule has 3 N–H and O–H groups in total. The van der Waals surface area contributed by atoms with Gasteiger partial charge in [-0.1, -0.05) is 13.8 Å². The van der Waals surface area contributed by atoms with E-state index in [1.807, 2.05) is 24.8 Å². The summed E-state index contributed by atoms with van der Waals surface area (Å²) in [6.07, 6.45) is 2.03. The number of hydrogen-bond donors (Lipinski definition) is 2. The van der Waals surface area contributed by atoms with Gasteiger partial charge in [0.1, 0.15) is 5.82 Å². The van der Waals surface area contributed by atoms with Crippen LogP contribution in [0.1, 0.15) is 48.7 Å². The quantitative estimate of drug-likeness (QED) is 0.652. The largest absolute Gasteiger partial charge is 0.381 e. The van der Waals surface area contributed by atoms with Crippen molar-refractivity contribution in [3.8, 4) is 0 Å². The van der Waals surface area contributed by atoms with Crippen molar-refractivity contribution in [2.24, 2.45) is 5.84 Å². The molecule has 116 valence electrons. The molecule has 0 radical (unpaired) electrons. The van der Waals surface area contributed by atoms with Crippen molar-refractivity contribution in [2.75, 3.05) is 25.6 Å². The van der Waals surface area contributed by atoms with Gasteiger partial charge in [0.05, 0.1) is 6.10 Å². The number of ether oxygens (including phenoxy) is 1. The highest BCUT2D eigenvalue weighted by atomic mass is 16.5.